The van der Waals surface area contributed by atoms with E-state index in [9.17, 15) is 9.59 Å². The van der Waals surface area contributed by atoms with Gasteiger partial charge in [0.15, 0.2) is 0 Å². The van der Waals surface area contributed by atoms with Gasteiger partial charge in [-0.3, -0.25) is 9.59 Å². The van der Waals surface area contributed by atoms with Crippen molar-refractivity contribution in [3.63, 3.8) is 0 Å². The Kier molecular flexibility index (Phi) is 5.33. The summed E-state index contributed by atoms with van der Waals surface area (Å²) in [5, 5.41) is 5.75. The van der Waals surface area contributed by atoms with E-state index in [0.717, 1.165) is 23.5 Å². The maximum absolute atomic E-state index is 12.6. The minimum Gasteiger partial charge on any atom is -0.343 e. The van der Waals surface area contributed by atoms with Crippen LogP contribution < -0.4 is 5.32 Å². The van der Waals surface area contributed by atoms with E-state index in [0.29, 0.717) is 19.4 Å². The molecule has 1 aliphatic heterocycles. The van der Waals surface area contributed by atoms with Gasteiger partial charge < -0.3 is 10.2 Å². The lowest BCUT2D eigenvalue weighted by Crippen LogP contribution is -2.62. The van der Waals surface area contributed by atoms with E-state index in [1.54, 1.807) is 16.2 Å². The van der Waals surface area contributed by atoms with Gasteiger partial charge in [-0.25, -0.2) is 4.98 Å². The number of hydrogen-bond acceptors (Lipinski definition) is 4. The van der Waals surface area contributed by atoms with Crippen LogP contribution in [0, 0.1) is 6.92 Å². The molecule has 116 valence electrons. The van der Waals surface area contributed by atoms with Gasteiger partial charge in [0.05, 0.1) is 6.54 Å². The molecule has 2 rings (SSSR count). The first-order chi connectivity index (χ1) is 10.1. The van der Waals surface area contributed by atoms with Gasteiger partial charge in [0.25, 0.3) is 0 Å². The number of nitrogens with zero attached hydrogens (tertiary/aromatic N) is 2. The van der Waals surface area contributed by atoms with Crippen LogP contribution in [0.4, 0.5) is 0 Å². The van der Waals surface area contributed by atoms with Crippen LogP contribution >= 0.6 is 11.3 Å². The van der Waals surface area contributed by atoms with Crippen LogP contribution in [0.1, 0.15) is 50.2 Å². The number of hydrogen-bond donors (Lipinski definition) is 1. The molecule has 1 N–H and O–H groups in total. The van der Waals surface area contributed by atoms with Crippen LogP contribution in [0.15, 0.2) is 5.38 Å². The molecule has 1 aliphatic rings. The quantitative estimate of drug-likeness (QED) is 0.876. The second kappa shape index (κ2) is 7.02. The van der Waals surface area contributed by atoms with Crippen molar-refractivity contribution in [1.82, 2.24) is 15.2 Å². The van der Waals surface area contributed by atoms with E-state index in [2.05, 4.69) is 10.3 Å². The van der Waals surface area contributed by atoms with Gasteiger partial charge in [-0.2, -0.15) is 0 Å². The Balaban J connectivity index is 2.20. The fourth-order valence-corrected chi connectivity index (χ4v) is 3.45. The van der Waals surface area contributed by atoms with Gasteiger partial charge in [0.1, 0.15) is 17.1 Å². The number of thiazole rings is 1. The van der Waals surface area contributed by atoms with Crippen LogP contribution in [0.2, 0.25) is 0 Å². The number of rotatable bonds is 6. The van der Waals surface area contributed by atoms with Gasteiger partial charge in [0.2, 0.25) is 11.8 Å². The summed E-state index contributed by atoms with van der Waals surface area (Å²) < 4.78 is 0. The van der Waals surface area contributed by atoms with Crippen LogP contribution in [0.3, 0.4) is 0 Å². The Morgan fingerprint density at radius 2 is 2.00 bits per heavy atom. The maximum atomic E-state index is 12.6. The second-order valence-corrected chi connectivity index (χ2v) is 6.45. The van der Waals surface area contributed by atoms with Gasteiger partial charge in [0, 0.05) is 11.1 Å². The number of aryl methyl sites for hydroxylation is 1. The third-order valence-electron chi connectivity index (χ3n) is 3.69. The fourth-order valence-electron chi connectivity index (χ4n) is 2.68. The Labute approximate surface area is 129 Å². The first kappa shape index (κ1) is 15.9. The van der Waals surface area contributed by atoms with Crippen LogP contribution in [-0.2, 0) is 16.1 Å². The Bertz CT molecular complexity index is 515. The monoisotopic (exact) mass is 309 g/mol. The fraction of sp³-hybridized carbons (Fsp3) is 0.667. The molecule has 1 fully saturated rings. The highest BCUT2D eigenvalue weighted by Crippen LogP contribution is 2.21. The average molecular weight is 309 g/mol. The molecule has 2 atom stereocenters. The lowest BCUT2D eigenvalue weighted by Gasteiger charge is -2.38. The van der Waals surface area contributed by atoms with E-state index in [-0.39, 0.29) is 23.9 Å². The number of carbonyl (C=O) groups is 2. The largest absolute Gasteiger partial charge is 0.343 e. The maximum Gasteiger partial charge on any atom is 0.246 e. The van der Waals surface area contributed by atoms with Gasteiger partial charge in [-0.1, -0.05) is 26.7 Å². The highest BCUT2D eigenvalue weighted by Gasteiger charge is 2.39. The van der Waals surface area contributed by atoms with Crippen molar-refractivity contribution in [3.8, 4) is 0 Å². The average Bonchev–Trinajstić information content (AvgIpc) is 2.85. The third kappa shape index (κ3) is 3.61. The van der Waals surface area contributed by atoms with Crippen molar-refractivity contribution in [1.29, 1.82) is 0 Å². The minimum absolute atomic E-state index is 0.0248. The van der Waals surface area contributed by atoms with Crippen molar-refractivity contribution in [3.05, 3.63) is 16.1 Å². The zero-order valence-corrected chi connectivity index (χ0v) is 13.7. The van der Waals surface area contributed by atoms with Crippen molar-refractivity contribution >= 4 is 23.2 Å². The first-order valence-corrected chi connectivity index (χ1v) is 8.46. The molecule has 1 aromatic rings. The summed E-state index contributed by atoms with van der Waals surface area (Å²) in [6.07, 6.45) is 3.13. The van der Waals surface area contributed by atoms with E-state index in [4.69, 9.17) is 0 Å². The molecule has 0 spiro atoms. The predicted octanol–water partition coefficient (Wildman–Crippen LogP) is 2.25. The summed E-state index contributed by atoms with van der Waals surface area (Å²) in [4.78, 5) is 31.1. The summed E-state index contributed by atoms with van der Waals surface area (Å²) >= 11 is 1.54. The molecule has 1 aromatic heterocycles. The molecule has 2 unspecified atom stereocenters. The summed E-state index contributed by atoms with van der Waals surface area (Å²) in [6, 6.07) is -0.739. The molecular formula is C15H23N3O2S. The molecule has 2 amide bonds. The molecule has 5 nitrogen and oxygen atoms in total. The number of carbonyl (C=O) groups excluding carboxylic acids is 2. The van der Waals surface area contributed by atoms with Crippen molar-refractivity contribution in [2.45, 2.75) is 65.1 Å². The molecule has 2 heterocycles. The number of piperazine rings is 1. The first-order valence-electron chi connectivity index (χ1n) is 7.58. The molecule has 0 saturated carbocycles. The van der Waals surface area contributed by atoms with Crippen molar-refractivity contribution in [2.75, 3.05) is 0 Å². The van der Waals surface area contributed by atoms with E-state index in [1.165, 1.54) is 0 Å². The molecule has 0 aromatic carbocycles. The van der Waals surface area contributed by atoms with E-state index >= 15 is 0 Å². The zero-order chi connectivity index (χ0) is 15.4. The van der Waals surface area contributed by atoms with E-state index in [1.807, 2.05) is 26.2 Å². The van der Waals surface area contributed by atoms with Gasteiger partial charge in [-0.15, -0.1) is 11.3 Å². The Morgan fingerprint density at radius 1 is 1.29 bits per heavy atom. The SMILES string of the molecule is CCCC1NC(=O)C(CCC)N(Cc2nc(C)cs2)C1=O. The highest BCUT2D eigenvalue weighted by molar-refractivity contribution is 7.09. The standard InChI is InChI=1S/C15H23N3O2S/c1-4-6-11-15(20)18(8-13-16-10(3)9-21-13)12(7-5-2)14(19)17-11/h9,11-12H,4-8H2,1-3H3,(H,17,19). The third-order valence-corrected chi connectivity index (χ3v) is 4.64. The lowest BCUT2D eigenvalue weighted by atomic mass is 10.0. The topological polar surface area (TPSA) is 62.3 Å². The summed E-state index contributed by atoms with van der Waals surface area (Å²) in [6.45, 7) is 6.43. The summed E-state index contributed by atoms with van der Waals surface area (Å²) in [5.41, 5.74) is 0.959. The normalized spacial score (nSPS) is 22.5. The second-order valence-electron chi connectivity index (χ2n) is 5.50. The number of nitrogens with one attached hydrogen (secondary N) is 1. The van der Waals surface area contributed by atoms with Crippen LogP contribution in [0.5, 0.6) is 0 Å². The molecule has 0 aliphatic carbocycles. The van der Waals surface area contributed by atoms with Gasteiger partial charge >= 0.3 is 0 Å². The molecule has 1 saturated heterocycles. The highest BCUT2D eigenvalue weighted by atomic mass is 32.1. The van der Waals surface area contributed by atoms with Crippen molar-refractivity contribution < 1.29 is 9.59 Å². The predicted molar refractivity (Wildman–Crippen MR) is 82.9 cm³/mol. The molecule has 0 radical (unpaired) electrons. The van der Waals surface area contributed by atoms with E-state index < -0.39 is 0 Å². The number of aromatic nitrogens is 1. The van der Waals surface area contributed by atoms with Gasteiger partial charge in [-0.05, 0) is 19.8 Å². The molecule has 21 heavy (non-hydrogen) atoms. The summed E-state index contributed by atoms with van der Waals surface area (Å²) in [5.74, 6) is 0.00549. The molecule has 0 bridgehead atoms. The zero-order valence-electron chi connectivity index (χ0n) is 12.9. The lowest BCUT2D eigenvalue weighted by molar-refractivity contribution is -0.150. The Hall–Kier alpha value is -1.43. The smallest absolute Gasteiger partial charge is 0.246 e. The van der Waals surface area contributed by atoms with Crippen LogP contribution in [-0.4, -0.2) is 33.8 Å². The van der Waals surface area contributed by atoms with Crippen LogP contribution in [0.25, 0.3) is 0 Å². The minimum atomic E-state index is -0.378. The Morgan fingerprint density at radius 3 is 2.57 bits per heavy atom. The molecular weight excluding hydrogens is 286 g/mol. The molecule has 6 heteroatoms. The van der Waals surface area contributed by atoms with Crippen molar-refractivity contribution in [2.24, 2.45) is 0 Å². The number of amides is 2. The summed E-state index contributed by atoms with van der Waals surface area (Å²) in [7, 11) is 0.